The van der Waals surface area contributed by atoms with Gasteiger partial charge in [-0.05, 0) is 45.0 Å². The zero-order valence-electron chi connectivity index (χ0n) is 12.9. The van der Waals surface area contributed by atoms with Crippen molar-refractivity contribution in [1.82, 2.24) is 5.32 Å². The van der Waals surface area contributed by atoms with Crippen LogP contribution in [-0.4, -0.2) is 32.6 Å². The van der Waals surface area contributed by atoms with Crippen LogP contribution in [-0.2, 0) is 16.4 Å². The van der Waals surface area contributed by atoms with Gasteiger partial charge in [-0.2, -0.15) is 0 Å². The molecule has 0 bridgehead atoms. The molecule has 6 heteroatoms. The standard InChI is InChI=1S/C15H24BrNO3S/c1-4-7-17-11-13-10-14(16)5-6-15(13)20-8-9-21(18,19)12(2)3/h5-6,10,12,17H,4,7-9,11H2,1-3H3. The Morgan fingerprint density at radius 2 is 2.05 bits per heavy atom. The van der Waals surface area contributed by atoms with Gasteiger partial charge in [-0.25, -0.2) is 8.42 Å². The first-order valence-electron chi connectivity index (χ1n) is 7.20. The molecule has 0 fully saturated rings. The van der Waals surface area contributed by atoms with Gasteiger partial charge in [0, 0.05) is 16.6 Å². The molecule has 21 heavy (non-hydrogen) atoms. The van der Waals surface area contributed by atoms with Crippen LogP contribution in [0.1, 0.15) is 32.8 Å². The first kappa shape index (κ1) is 18.5. The zero-order valence-corrected chi connectivity index (χ0v) is 15.3. The van der Waals surface area contributed by atoms with Gasteiger partial charge in [-0.15, -0.1) is 0 Å². The number of ether oxygens (including phenoxy) is 1. The number of benzene rings is 1. The number of sulfone groups is 1. The summed E-state index contributed by atoms with van der Waals surface area (Å²) in [6, 6.07) is 5.76. The van der Waals surface area contributed by atoms with E-state index < -0.39 is 9.84 Å². The average molecular weight is 378 g/mol. The molecule has 0 aliphatic rings. The Kier molecular flexibility index (Phi) is 7.70. The predicted molar refractivity (Wildman–Crippen MR) is 90.6 cm³/mol. The van der Waals surface area contributed by atoms with Crippen molar-refractivity contribution in [1.29, 1.82) is 0 Å². The van der Waals surface area contributed by atoms with Gasteiger partial charge >= 0.3 is 0 Å². The quantitative estimate of drug-likeness (QED) is 0.671. The summed E-state index contributed by atoms with van der Waals surface area (Å²) in [5.41, 5.74) is 1.03. The van der Waals surface area contributed by atoms with Crippen molar-refractivity contribution in [2.75, 3.05) is 18.9 Å². The lowest BCUT2D eigenvalue weighted by molar-refractivity contribution is 0.336. The number of hydrogen-bond acceptors (Lipinski definition) is 4. The minimum atomic E-state index is -3.06. The SMILES string of the molecule is CCCNCc1cc(Br)ccc1OCCS(=O)(=O)C(C)C. The number of halogens is 1. The fourth-order valence-electron chi connectivity index (χ4n) is 1.73. The molecule has 0 spiro atoms. The molecule has 0 aromatic heterocycles. The van der Waals surface area contributed by atoms with Crippen LogP contribution in [0.25, 0.3) is 0 Å². The lowest BCUT2D eigenvalue weighted by Crippen LogP contribution is -2.22. The van der Waals surface area contributed by atoms with Gasteiger partial charge in [0.05, 0.1) is 11.0 Å². The second-order valence-electron chi connectivity index (χ2n) is 5.19. The summed E-state index contributed by atoms with van der Waals surface area (Å²) in [5, 5.41) is 2.96. The Labute approximate surface area is 136 Å². The highest BCUT2D eigenvalue weighted by Crippen LogP contribution is 2.23. The molecule has 0 atom stereocenters. The number of nitrogens with one attached hydrogen (secondary N) is 1. The molecule has 0 amide bonds. The molecule has 1 aromatic rings. The lowest BCUT2D eigenvalue weighted by Gasteiger charge is -2.13. The summed E-state index contributed by atoms with van der Waals surface area (Å²) in [7, 11) is -3.06. The molecular formula is C15H24BrNO3S. The van der Waals surface area contributed by atoms with Gasteiger partial charge in [0.1, 0.15) is 12.4 Å². The third kappa shape index (κ3) is 6.36. The second-order valence-corrected chi connectivity index (χ2v) is 8.79. The normalized spacial score (nSPS) is 11.9. The highest BCUT2D eigenvalue weighted by Gasteiger charge is 2.16. The third-order valence-corrected chi connectivity index (χ3v) is 5.77. The van der Waals surface area contributed by atoms with Crippen molar-refractivity contribution in [3.8, 4) is 5.75 Å². The largest absolute Gasteiger partial charge is 0.492 e. The lowest BCUT2D eigenvalue weighted by atomic mass is 10.2. The Bertz CT molecular complexity index is 544. The molecule has 0 unspecified atom stereocenters. The minimum absolute atomic E-state index is 0.0442. The number of hydrogen-bond donors (Lipinski definition) is 1. The maximum absolute atomic E-state index is 11.8. The van der Waals surface area contributed by atoms with E-state index in [4.69, 9.17) is 4.74 Å². The molecule has 1 aromatic carbocycles. The van der Waals surface area contributed by atoms with Gasteiger partial charge < -0.3 is 10.1 Å². The smallest absolute Gasteiger partial charge is 0.155 e. The van der Waals surface area contributed by atoms with E-state index in [1.165, 1.54) is 0 Å². The summed E-state index contributed by atoms with van der Waals surface area (Å²) in [5.74, 6) is 0.781. The molecule has 0 radical (unpaired) electrons. The van der Waals surface area contributed by atoms with E-state index in [0.29, 0.717) is 6.54 Å². The Hall–Kier alpha value is -0.590. The highest BCUT2D eigenvalue weighted by molar-refractivity contribution is 9.10. The highest BCUT2D eigenvalue weighted by atomic mass is 79.9. The molecule has 0 saturated carbocycles. The predicted octanol–water partition coefficient (Wildman–Crippen LogP) is 3.15. The topological polar surface area (TPSA) is 55.4 Å². The Morgan fingerprint density at radius 3 is 2.67 bits per heavy atom. The van der Waals surface area contributed by atoms with Crippen molar-refractivity contribution >= 4 is 25.8 Å². The van der Waals surface area contributed by atoms with Crippen LogP contribution in [0, 0.1) is 0 Å². The van der Waals surface area contributed by atoms with Crippen molar-refractivity contribution in [3.05, 3.63) is 28.2 Å². The third-order valence-electron chi connectivity index (χ3n) is 3.11. The van der Waals surface area contributed by atoms with E-state index in [9.17, 15) is 8.42 Å². The maximum atomic E-state index is 11.8. The van der Waals surface area contributed by atoms with Gasteiger partial charge in [-0.3, -0.25) is 0 Å². The van der Waals surface area contributed by atoms with Crippen molar-refractivity contribution in [3.63, 3.8) is 0 Å². The second kappa shape index (κ2) is 8.76. The molecule has 0 aliphatic heterocycles. The first-order valence-corrected chi connectivity index (χ1v) is 9.71. The van der Waals surface area contributed by atoms with Gasteiger partial charge in [0.2, 0.25) is 0 Å². The molecule has 120 valence electrons. The van der Waals surface area contributed by atoms with E-state index >= 15 is 0 Å². The molecular weight excluding hydrogens is 354 g/mol. The molecule has 0 heterocycles. The van der Waals surface area contributed by atoms with Crippen LogP contribution in [0.4, 0.5) is 0 Å². The zero-order chi connectivity index (χ0) is 15.9. The monoisotopic (exact) mass is 377 g/mol. The van der Waals surface area contributed by atoms with E-state index in [1.807, 2.05) is 18.2 Å². The number of rotatable bonds is 9. The fraction of sp³-hybridized carbons (Fsp3) is 0.600. The van der Waals surface area contributed by atoms with Crippen LogP contribution in [0.2, 0.25) is 0 Å². The van der Waals surface area contributed by atoms with E-state index in [-0.39, 0.29) is 17.6 Å². The van der Waals surface area contributed by atoms with E-state index in [0.717, 1.165) is 28.8 Å². The molecule has 4 nitrogen and oxygen atoms in total. The Balaban J connectivity index is 2.65. The molecule has 0 aliphatic carbocycles. The van der Waals surface area contributed by atoms with Crippen LogP contribution in [0.5, 0.6) is 5.75 Å². The summed E-state index contributed by atoms with van der Waals surface area (Å²) in [4.78, 5) is 0. The van der Waals surface area contributed by atoms with Gasteiger partial charge in [-0.1, -0.05) is 22.9 Å². The van der Waals surface area contributed by atoms with E-state index in [1.54, 1.807) is 13.8 Å². The molecule has 0 saturated heterocycles. The summed E-state index contributed by atoms with van der Waals surface area (Å²) >= 11 is 3.45. The fourth-order valence-corrected chi connectivity index (χ4v) is 2.93. The van der Waals surface area contributed by atoms with Crippen LogP contribution in [0.15, 0.2) is 22.7 Å². The van der Waals surface area contributed by atoms with Crippen molar-refractivity contribution in [2.24, 2.45) is 0 Å². The van der Waals surface area contributed by atoms with Crippen LogP contribution < -0.4 is 10.1 Å². The minimum Gasteiger partial charge on any atom is -0.492 e. The molecule has 1 rings (SSSR count). The molecule has 1 N–H and O–H groups in total. The maximum Gasteiger partial charge on any atom is 0.155 e. The van der Waals surface area contributed by atoms with Crippen molar-refractivity contribution < 1.29 is 13.2 Å². The van der Waals surface area contributed by atoms with Gasteiger partial charge in [0.25, 0.3) is 0 Å². The van der Waals surface area contributed by atoms with Gasteiger partial charge in [0.15, 0.2) is 9.84 Å². The summed E-state index contributed by atoms with van der Waals surface area (Å²) < 4.78 is 30.2. The summed E-state index contributed by atoms with van der Waals surface area (Å²) in [6.45, 7) is 7.32. The first-order chi connectivity index (χ1) is 9.86. The summed E-state index contributed by atoms with van der Waals surface area (Å²) in [6.07, 6.45) is 1.07. The van der Waals surface area contributed by atoms with E-state index in [2.05, 4.69) is 28.2 Å². The average Bonchev–Trinajstić information content (AvgIpc) is 2.41. The Morgan fingerprint density at radius 1 is 1.33 bits per heavy atom. The van der Waals surface area contributed by atoms with Crippen molar-refractivity contribution in [2.45, 2.75) is 39.0 Å². The van der Waals surface area contributed by atoms with Crippen LogP contribution >= 0.6 is 15.9 Å². The van der Waals surface area contributed by atoms with Crippen LogP contribution in [0.3, 0.4) is 0 Å².